The number of ether oxygens (including phenoxy) is 8. The molecule has 10 rings (SSSR count). The van der Waals surface area contributed by atoms with Crippen molar-refractivity contribution in [2.24, 2.45) is 0 Å². The van der Waals surface area contributed by atoms with Gasteiger partial charge in [-0.15, -0.1) is 0 Å². The van der Waals surface area contributed by atoms with Crippen molar-refractivity contribution in [1.82, 2.24) is 0 Å². The van der Waals surface area contributed by atoms with Gasteiger partial charge in [0.2, 0.25) is 0 Å². The Labute approximate surface area is 381 Å². The molecule has 1 heterocycles. The lowest BCUT2D eigenvalue weighted by Gasteiger charge is -2.41. The van der Waals surface area contributed by atoms with E-state index in [9.17, 15) is 0 Å². The Hall–Kier alpha value is -4.08. The van der Waals surface area contributed by atoms with Gasteiger partial charge in [0, 0.05) is 12.8 Å². The predicted molar refractivity (Wildman–Crippen MR) is 251 cm³/mol. The lowest BCUT2D eigenvalue weighted by Crippen LogP contribution is -2.26. The summed E-state index contributed by atoms with van der Waals surface area (Å²) in [7, 11) is 3.78. The molecule has 6 aliphatic rings. The molecule has 4 unspecified atom stereocenters. The molecule has 1 aliphatic heterocycles. The molecule has 4 atom stereocenters. The zero-order chi connectivity index (χ0) is 43.2. The Morgan fingerprint density at radius 1 is 0.359 bits per heavy atom. The lowest BCUT2D eigenvalue weighted by molar-refractivity contribution is -0.00718. The van der Waals surface area contributed by atoms with Crippen molar-refractivity contribution in [2.75, 3.05) is 80.3 Å². The molecule has 8 heteroatoms. The highest BCUT2D eigenvalue weighted by molar-refractivity contribution is 5.59. The fourth-order valence-electron chi connectivity index (χ4n) is 11.9. The number of rotatable bonds is 2. The van der Waals surface area contributed by atoms with Crippen LogP contribution in [0.15, 0.2) is 48.5 Å². The standard InChI is InChI=1S/C56H70O8/c1-57-53-41-27-37-9-5-3-6-10-38-28-42(54(58-2)50(32-38)46-14-13-45(46)49(53)31-37)36-44-30-40-12-8-4-7-11-39-29-43(35-41)55-51(33-39)47-15-16-48(47)52(34-40)56(44)64-26-24-62-22-20-60-18-17-59-19-21-61-23-25-63-55/h27-34,45-48H,3-26,35-36H2,1-2H3. The largest absolute Gasteiger partial charge is 0.496 e. The zero-order valence-electron chi connectivity index (χ0n) is 38.6. The number of aryl methyl sites for hydroxylation is 4. The molecular formula is C56H70O8. The first-order valence-electron chi connectivity index (χ1n) is 24.9. The van der Waals surface area contributed by atoms with Crippen LogP contribution in [0.2, 0.25) is 0 Å². The second-order valence-electron chi connectivity index (χ2n) is 19.3. The van der Waals surface area contributed by atoms with Gasteiger partial charge in [0.15, 0.2) is 0 Å². The maximum absolute atomic E-state index is 7.09. The molecule has 4 aromatic rings. The molecule has 0 N–H and O–H groups in total. The summed E-state index contributed by atoms with van der Waals surface area (Å²) in [5, 5.41) is 0. The van der Waals surface area contributed by atoms with Gasteiger partial charge in [-0.1, -0.05) is 61.4 Å². The third-order valence-electron chi connectivity index (χ3n) is 15.3. The fourth-order valence-corrected chi connectivity index (χ4v) is 11.9. The second-order valence-corrected chi connectivity index (χ2v) is 19.3. The van der Waals surface area contributed by atoms with E-state index in [0.717, 1.165) is 100 Å². The van der Waals surface area contributed by atoms with Crippen LogP contribution in [0, 0.1) is 0 Å². The number of methoxy groups -OCH3 is 2. The highest BCUT2D eigenvalue weighted by Crippen LogP contribution is 2.58. The van der Waals surface area contributed by atoms with E-state index in [2.05, 4.69) is 48.5 Å². The Morgan fingerprint density at radius 3 is 1.02 bits per heavy atom. The van der Waals surface area contributed by atoms with Gasteiger partial charge in [-0.3, -0.25) is 0 Å². The molecule has 0 aromatic heterocycles. The smallest absolute Gasteiger partial charge is 0.126 e. The minimum absolute atomic E-state index is 0.289. The monoisotopic (exact) mass is 871 g/mol. The normalized spacial score (nSPS) is 24.3. The summed E-state index contributed by atoms with van der Waals surface area (Å²) >= 11 is 0. The van der Waals surface area contributed by atoms with E-state index in [1.54, 1.807) is 0 Å². The van der Waals surface area contributed by atoms with Crippen LogP contribution in [0.3, 0.4) is 0 Å². The molecule has 0 saturated heterocycles. The summed E-state index contributed by atoms with van der Waals surface area (Å²) in [6, 6.07) is 20.0. The van der Waals surface area contributed by atoms with E-state index in [1.807, 2.05) is 14.2 Å². The Bertz CT molecular complexity index is 2090. The second kappa shape index (κ2) is 20.6. The van der Waals surface area contributed by atoms with Crippen LogP contribution < -0.4 is 18.9 Å². The first-order chi connectivity index (χ1) is 31.6. The number of fused-ring (bicyclic) bond motifs is 6. The van der Waals surface area contributed by atoms with Gasteiger partial charge < -0.3 is 37.9 Å². The average molecular weight is 871 g/mol. The minimum atomic E-state index is 0.289. The maximum atomic E-state index is 7.09. The lowest BCUT2D eigenvalue weighted by atomic mass is 9.64. The Balaban J connectivity index is 1.20. The molecule has 0 radical (unpaired) electrons. The Kier molecular flexibility index (Phi) is 14.1. The van der Waals surface area contributed by atoms with Crippen LogP contribution in [-0.2, 0) is 57.5 Å². The van der Waals surface area contributed by atoms with Crippen molar-refractivity contribution in [3.05, 3.63) is 115 Å². The predicted octanol–water partition coefficient (Wildman–Crippen LogP) is 10.9. The van der Waals surface area contributed by atoms with Crippen molar-refractivity contribution in [1.29, 1.82) is 0 Å². The summed E-state index contributed by atoms with van der Waals surface area (Å²) in [5.74, 6) is 5.44. The molecule has 0 amide bonds. The van der Waals surface area contributed by atoms with Crippen LogP contribution in [0.4, 0.5) is 0 Å². The molecule has 342 valence electrons. The quantitative estimate of drug-likeness (QED) is 0.197. The molecule has 2 saturated carbocycles. The molecular weight excluding hydrogens is 801 g/mol. The van der Waals surface area contributed by atoms with Crippen molar-refractivity contribution < 1.29 is 37.9 Å². The minimum Gasteiger partial charge on any atom is -0.496 e. The summed E-state index contributed by atoms with van der Waals surface area (Å²) in [6.07, 6.45) is 17.3. The van der Waals surface area contributed by atoms with Gasteiger partial charge in [0.25, 0.3) is 0 Å². The van der Waals surface area contributed by atoms with Crippen molar-refractivity contribution in [2.45, 2.75) is 126 Å². The van der Waals surface area contributed by atoms with Crippen LogP contribution in [0.5, 0.6) is 23.0 Å². The molecule has 0 spiro atoms. The van der Waals surface area contributed by atoms with Crippen molar-refractivity contribution in [3.8, 4) is 23.0 Å². The SMILES string of the molecule is COc1c2cc3cc1C1CCC1c1cc(cc(c1OC)Cc1cc4cc5c1OCCOCCOCCOCCOCCOc1c(cc(cc1C1CCC51)CCCCC4)C2)CCCCC3. The molecule has 2 fully saturated rings. The average Bonchev–Trinajstić information content (AvgIpc) is 3.26. The number of benzene rings is 4. The van der Waals surface area contributed by atoms with Gasteiger partial charge >= 0.3 is 0 Å². The van der Waals surface area contributed by atoms with Crippen LogP contribution in [0.1, 0.15) is 155 Å². The highest BCUT2D eigenvalue weighted by Gasteiger charge is 2.41. The van der Waals surface area contributed by atoms with Gasteiger partial charge in [-0.2, -0.15) is 0 Å². The van der Waals surface area contributed by atoms with E-state index in [1.165, 1.54) is 92.4 Å². The molecule has 8 nitrogen and oxygen atoms in total. The third-order valence-corrected chi connectivity index (χ3v) is 15.3. The third kappa shape index (κ3) is 9.45. The zero-order valence-corrected chi connectivity index (χ0v) is 38.6. The van der Waals surface area contributed by atoms with E-state index >= 15 is 0 Å². The van der Waals surface area contributed by atoms with Crippen LogP contribution in [0.25, 0.3) is 0 Å². The van der Waals surface area contributed by atoms with Gasteiger partial charge in [0.1, 0.15) is 36.2 Å². The van der Waals surface area contributed by atoms with Crippen molar-refractivity contribution >= 4 is 0 Å². The van der Waals surface area contributed by atoms with Gasteiger partial charge in [0.05, 0.1) is 67.1 Å². The first-order valence-corrected chi connectivity index (χ1v) is 24.9. The van der Waals surface area contributed by atoms with Crippen LogP contribution >= 0.6 is 0 Å². The molecule has 5 aliphatic carbocycles. The summed E-state index contributed by atoms with van der Waals surface area (Å²) in [4.78, 5) is 0. The summed E-state index contributed by atoms with van der Waals surface area (Å²) < 4.78 is 51.3. The summed E-state index contributed by atoms with van der Waals surface area (Å²) in [5.41, 5.74) is 16.2. The number of hydrogen-bond donors (Lipinski definition) is 0. The topological polar surface area (TPSA) is 73.8 Å². The van der Waals surface area contributed by atoms with E-state index < -0.39 is 0 Å². The van der Waals surface area contributed by atoms with Crippen LogP contribution in [-0.4, -0.2) is 80.3 Å². The summed E-state index contributed by atoms with van der Waals surface area (Å²) in [6.45, 7) is 5.06. The van der Waals surface area contributed by atoms with E-state index in [4.69, 9.17) is 37.9 Å². The van der Waals surface area contributed by atoms with E-state index in [0.29, 0.717) is 77.9 Å². The number of hydrogen-bond acceptors (Lipinski definition) is 8. The first kappa shape index (κ1) is 43.8. The molecule has 14 bridgehead atoms. The van der Waals surface area contributed by atoms with Gasteiger partial charge in [-0.05, 0) is 167 Å². The molecule has 4 aromatic carbocycles. The van der Waals surface area contributed by atoms with Crippen molar-refractivity contribution in [3.63, 3.8) is 0 Å². The Morgan fingerprint density at radius 2 is 0.672 bits per heavy atom. The fraction of sp³-hybridized carbons (Fsp3) is 0.571. The van der Waals surface area contributed by atoms with Gasteiger partial charge in [-0.25, -0.2) is 0 Å². The van der Waals surface area contributed by atoms with E-state index in [-0.39, 0.29) is 11.8 Å². The maximum Gasteiger partial charge on any atom is 0.126 e. The highest BCUT2D eigenvalue weighted by atomic mass is 16.6. The molecule has 64 heavy (non-hydrogen) atoms.